The minimum Gasteiger partial charge on any atom is -0.345 e. The summed E-state index contributed by atoms with van der Waals surface area (Å²) in [7, 11) is 0. The van der Waals surface area contributed by atoms with E-state index in [9.17, 15) is 0 Å². The van der Waals surface area contributed by atoms with E-state index in [1.807, 2.05) is 6.20 Å². The predicted molar refractivity (Wildman–Crippen MR) is 58.1 cm³/mol. The zero-order chi connectivity index (χ0) is 9.97. The van der Waals surface area contributed by atoms with E-state index in [2.05, 4.69) is 42.0 Å². The molecule has 0 bridgehead atoms. The van der Waals surface area contributed by atoms with Crippen LogP contribution in [0.5, 0.6) is 0 Å². The molecule has 0 aliphatic rings. The summed E-state index contributed by atoms with van der Waals surface area (Å²) in [6, 6.07) is 6.36. The number of rotatable bonds is 2. The lowest BCUT2D eigenvalue weighted by molar-refractivity contribution is 1.10. The summed E-state index contributed by atoms with van der Waals surface area (Å²) < 4.78 is 0. The average molecular weight is 186 g/mol. The molecule has 0 aliphatic heterocycles. The number of hydrogen-bond donors (Lipinski definition) is 1. The van der Waals surface area contributed by atoms with E-state index in [1.165, 1.54) is 16.7 Å². The molecule has 2 nitrogen and oxygen atoms in total. The molecule has 0 saturated carbocycles. The van der Waals surface area contributed by atoms with Gasteiger partial charge < -0.3 is 4.98 Å². The van der Waals surface area contributed by atoms with Gasteiger partial charge in [0.15, 0.2) is 0 Å². The minimum absolute atomic E-state index is 0.956. The van der Waals surface area contributed by atoms with Crippen molar-refractivity contribution in [2.45, 2.75) is 20.3 Å². The van der Waals surface area contributed by atoms with Gasteiger partial charge in [0.2, 0.25) is 0 Å². The molecule has 0 fully saturated rings. The SMILES string of the molecule is CCc1cccc(-c2ncc[nH]2)c1C. The molecule has 2 aromatic rings. The summed E-state index contributed by atoms with van der Waals surface area (Å²) in [5.41, 5.74) is 3.92. The normalized spacial score (nSPS) is 10.4. The zero-order valence-corrected chi connectivity index (χ0v) is 8.54. The number of nitrogens with zero attached hydrogens (tertiary/aromatic N) is 1. The van der Waals surface area contributed by atoms with Gasteiger partial charge >= 0.3 is 0 Å². The summed E-state index contributed by atoms with van der Waals surface area (Å²) in [5, 5.41) is 0. The fraction of sp³-hybridized carbons (Fsp3) is 0.250. The van der Waals surface area contributed by atoms with E-state index < -0.39 is 0 Å². The molecule has 0 unspecified atom stereocenters. The highest BCUT2D eigenvalue weighted by molar-refractivity contribution is 5.61. The second-order valence-corrected chi connectivity index (χ2v) is 3.38. The molecule has 2 heteroatoms. The quantitative estimate of drug-likeness (QED) is 0.767. The Kier molecular flexibility index (Phi) is 2.35. The molecule has 14 heavy (non-hydrogen) atoms. The van der Waals surface area contributed by atoms with Crippen molar-refractivity contribution in [2.24, 2.45) is 0 Å². The molecule has 0 spiro atoms. The summed E-state index contributed by atoms with van der Waals surface area (Å²) in [6.07, 6.45) is 4.71. The van der Waals surface area contributed by atoms with Crippen molar-refractivity contribution in [3.05, 3.63) is 41.7 Å². The second kappa shape index (κ2) is 3.66. The smallest absolute Gasteiger partial charge is 0.137 e. The van der Waals surface area contributed by atoms with Crippen LogP contribution in [0.1, 0.15) is 18.1 Å². The van der Waals surface area contributed by atoms with E-state index >= 15 is 0 Å². The second-order valence-electron chi connectivity index (χ2n) is 3.38. The first-order valence-corrected chi connectivity index (χ1v) is 4.91. The highest BCUT2D eigenvalue weighted by Gasteiger charge is 2.05. The van der Waals surface area contributed by atoms with Gasteiger partial charge in [-0.3, -0.25) is 0 Å². The highest BCUT2D eigenvalue weighted by atomic mass is 14.9. The maximum Gasteiger partial charge on any atom is 0.137 e. The summed E-state index contributed by atoms with van der Waals surface area (Å²) in [4.78, 5) is 7.40. The van der Waals surface area contributed by atoms with E-state index in [0.29, 0.717) is 0 Å². The third-order valence-corrected chi connectivity index (χ3v) is 2.58. The average Bonchev–Trinajstić information content (AvgIpc) is 2.71. The van der Waals surface area contributed by atoms with Crippen molar-refractivity contribution < 1.29 is 0 Å². The topological polar surface area (TPSA) is 28.7 Å². The van der Waals surface area contributed by atoms with Crippen LogP contribution in [0.15, 0.2) is 30.6 Å². The van der Waals surface area contributed by atoms with Crippen LogP contribution in [0.2, 0.25) is 0 Å². The van der Waals surface area contributed by atoms with Gasteiger partial charge in [-0.2, -0.15) is 0 Å². The Morgan fingerprint density at radius 2 is 2.21 bits per heavy atom. The van der Waals surface area contributed by atoms with E-state index in [1.54, 1.807) is 6.20 Å². The van der Waals surface area contributed by atoms with Crippen LogP contribution in [0.4, 0.5) is 0 Å². The monoisotopic (exact) mass is 186 g/mol. The van der Waals surface area contributed by atoms with Crippen molar-refractivity contribution in [3.63, 3.8) is 0 Å². The minimum atomic E-state index is 0.956. The molecular formula is C12H14N2. The van der Waals surface area contributed by atoms with Gasteiger partial charge in [0.05, 0.1) is 0 Å². The molecule has 1 heterocycles. The molecule has 1 aromatic carbocycles. The van der Waals surface area contributed by atoms with Gasteiger partial charge in [0, 0.05) is 18.0 Å². The number of benzene rings is 1. The third-order valence-electron chi connectivity index (χ3n) is 2.58. The summed E-state index contributed by atoms with van der Waals surface area (Å²) in [5.74, 6) is 0.956. The molecule has 0 amide bonds. The first kappa shape index (κ1) is 9.00. The number of imidazole rings is 1. The maximum atomic E-state index is 4.27. The Balaban J connectivity index is 2.54. The number of H-pyrrole nitrogens is 1. The van der Waals surface area contributed by atoms with Crippen LogP contribution in [0, 0.1) is 6.92 Å². The maximum absolute atomic E-state index is 4.27. The van der Waals surface area contributed by atoms with Crippen molar-refractivity contribution in [2.75, 3.05) is 0 Å². The van der Waals surface area contributed by atoms with Crippen molar-refractivity contribution in [1.29, 1.82) is 0 Å². The molecule has 2 rings (SSSR count). The first-order valence-electron chi connectivity index (χ1n) is 4.91. The number of hydrogen-bond acceptors (Lipinski definition) is 1. The Morgan fingerprint density at radius 1 is 1.36 bits per heavy atom. The number of aryl methyl sites for hydroxylation is 1. The highest BCUT2D eigenvalue weighted by Crippen LogP contribution is 2.22. The van der Waals surface area contributed by atoms with Crippen LogP contribution in [-0.4, -0.2) is 9.97 Å². The van der Waals surface area contributed by atoms with Gasteiger partial charge in [0.1, 0.15) is 5.82 Å². The van der Waals surface area contributed by atoms with Crippen molar-refractivity contribution >= 4 is 0 Å². The standard InChI is InChI=1S/C12H14N2/c1-3-10-5-4-6-11(9(10)2)12-13-7-8-14-12/h4-8H,3H2,1-2H3,(H,13,14). The Morgan fingerprint density at radius 3 is 2.86 bits per heavy atom. The van der Waals surface area contributed by atoms with Crippen LogP contribution in [0.25, 0.3) is 11.4 Å². The Labute approximate surface area is 84.0 Å². The molecule has 1 aromatic heterocycles. The van der Waals surface area contributed by atoms with Crippen LogP contribution >= 0.6 is 0 Å². The Hall–Kier alpha value is -1.57. The van der Waals surface area contributed by atoms with Gasteiger partial charge in [0.25, 0.3) is 0 Å². The molecule has 0 radical (unpaired) electrons. The lowest BCUT2D eigenvalue weighted by Crippen LogP contribution is -1.91. The van der Waals surface area contributed by atoms with Gasteiger partial charge in [-0.1, -0.05) is 25.1 Å². The van der Waals surface area contributed by atoms with Crippen LogP contribution in [0.3, 0.4) is 0 Å². The predicted octanol–water partition coefficient (Wildman–Crippen LogP) is 2.95. The number of aromatic amines is 1. The lowest BCUT2D eigenvalue weighted by Gasteiger charge is -2.07. The van der Waals surface area contributed by atoms with Crippen LogP contribution in [-0.2, 0) is 6.42 Å². The fourth-order valence-corrected chi connectivity index (χ4v) is 1.74. The van der Waals surface area contributed by atoms with E-state index in [0.717, 1.165) is 12.2 Å². The van der Waals surface area contributed by atoms with E-state index in [4.69, 9.17) is 0 Å². The zero-order valence-electron chi connectivity index (χ0n) is 8.54. The van der Waals surface area contributed by atoms with Crippen molar-refractivity contribution in [3.8, 4) is 11.4 Å². The molecule has 0 aliphatic carbocycles. The van der Waals surface area contributed by atoms with Gasteiger partial charge in [-0.25, -0.2) is 4.98 Å². The third kappa shape index (κ3) is 1.43. The Bertz CT molecular complexity index is 416. The molecule has 1 N–H and O–H groups in total. The van der Waals surface area contributed by atoms with Gasteiger partial charge in [-0.05, 0) is 24.5 Å². The van der Waals surface area contributed by atoms with Crippen molar-refractivity contribution in [1.82, 2.24) is 9.97 Å². The molecular weight excluding hydrogens is 172 g/mol. The summed E-state index contributed by atoms with van der Waals surface area (Å²) in [6.45, 7) is 4.32. The largest absolute Gasteiger partial charge is 0.345 e. The molecule has 72 valence electrons. The number of aromatic nitrogens is 2. The molecule has 0 atom stereocenters. The summed E-state index contributed by atoms with van der Waals surface area (Å²) >= 11 is 0. The molecule has 0 saturated heterocycles. The van der Waals surface area contributed by atoms with Crippen LogP contribution < -0.4 is 0 Å². The number of nitrogens with one attached hydrogen (secondary N) is 1. The van der Waals surface area contributed by atoms with E-state index in [-0.39, 0.29) is 0 Å². The fourth-order valence-electron chi connectivity index (χ4n) is 1.74. The first-order chi connectivity index (χ1) is 6.83. The lowest BCUT2D eigenvalue weighted by atomic mass is 10.0. The van der Waals surface area contributed by atoms with Gasteiger partial charge in [-0.15, -0.1) is 0 Å².